The summed E-state index contributed by atoms with van der Waals surface area (Å²) in [5.41, 5.74) is 7.09. The number of fused-ring (bicyclic) bond motifs is 1. The Kier molecular flexibility index (Phi) is 7.13. The first kappa shape index (κ1) is 25.4. The molecule has 0 aliphatic carbocycles. The van der Waals surface area contributed by atoms with Crippen LogP contribution in [0, 0.1) is 20.8 Å². The summed E-state index contributed by atoms with van der Waals surface area (Å²) in [4.78, 5) is 17.0. The second-order valence-corrected chi connectivity index (χ2v) is 9.84. The van der Waals surface area contributed by atoms with Gasteiger partial charge in [-0.2, -0.15) is 0 Å². The molecule has 38 heavy (non-hydrogen) atoms. The van der Waals surface area contributed by atoms with Crippen molar-refractivity contribution >= 4 is 57.7 Å². The normalized spacial score (nSPS) is 11.3. The van der Waals surface area contributed by atoms with E-state index in [1.165, 1.54) is 6.08 Å². The highest BCUT2D eigenvalue weighted by Crippen LogP contribution is 2.28. The minimum atomic E-state index is -0.390. The lowest BCUT2D eigenvalue weighted by atomic mass is 10.1. The molecule has 190 valence electrons. The SMILES string of the molecule is Cc1cc(C)cc(-c2nc3cc(NC(=S)NC(=O)/C=C/c4ccc(-c5ccc(C)c(Cl)c5)o4)ccc3o2)c1. The van der Waals surface area contributed by atoms with Crippen LogP contribution in [0.1, 0.15) is 22.5 Å². The summed E-state index contributed by atoms with van der Waals surface area (Å²) < 4.78 is 11.8. The van der Waals surface area contributed by atoms with Gasteiger partial charge in [0.05, 0.1) is 0 Å². The van der Waals surface area contributed by atoms with Gasteiger partial charge in [-0.3, -0.25) is 10.1 Å². The predicted octanol–water partition coefficient (Wildman–Crippen LogP) is 7.86. The Balaban J connectivity index is 1.21. The number of carbonyl (C=O) groups is 1. The van der Waals surface area contributed by atoms with Crippen LogP contribution in [0.25, 0.3) is 40.0 Å². The Labute approximate surface area is 230 Å². The number of nitrogens with zero attached hydrogens (tertiary/aromatic N) is 1. The first-order valence-corrected chi connectivity index (χ1v) is 12.7. The van der Waals surface area contributed by atoms with E-state index in [0.717, 1.165) is 27.8 Å². The van der Waals surface area contributed by atoms with Crippen molar-refractivity contribution in [2.24, 2.45) is 0 Å². The molecule has 8 heteroatoms. The van der Waals surface area contributed by atoms with Gasteiger partial charge in [-0.1, -0.05) is 40.9 Å². The van der Waals surface area contributed by atoms with Crippen molar-refractivity contribution in [3.63, 3.8) is 0 Å². The smallest absolute Gasteiger partial charge is 0.250 e. The molecule has 5 rings (SSSR count). The quantitative estimate of drug-likeness (QED) is 0.174. The molecule has 0 aliphatic heterocycles. The fraction of sp³-hybridized carbons (Fsp3) is 0.100. The number of halogens is 1. The van der Waals surface area contributed by atoms with Crippen LogP contribution in [0.5, 0.6) is 0 Å². The number of thiocarbonyl (C=S) groups is 1. The zero-order chi connectivity index (χ0) is 26.8. The molecule has 5 aromatic rings. The summed E-state index contributed by atoms with van der Waals surface area (Å²) in [5, 5.41) is 6.47. The molecule has 2 N–H and O–H groups in total. The second kappa shape index (κ2) is 10.7. The largest absolute Gasteiger partial charge is 0.457 e. The number of benzene rings is 3. The van der Waals surface area contributed by atoms with Crippen molar-refractivity contribution in [2.75, 3.05) is 5.32 Å². The molecule has 0 saturated heterocycles. The van der Waals surface area contributed by atoms with Gasteiger partial charge in [0.25, 0.3) is 0 Å². The van der Waals surface area contributed by atoms with Crippen molar-refractivity contribution in [1.29, 1.82) is 0 Å². The molecule has 0 unspecified atom stereocenters. The van der Waals surface area contributed by atoms with Crippen LogP contribution in [-0.2, 0) is 4.79 Å². The number of furan rings is 1. The molecule has 1 amide bonds. The number of oxazole rings is 1. The highest BCUT2D eigenvalue weighted by molar-refractivity contribution is 7.80. The maximum Gasteiger partial charge on any atom is 0.250 e. The first-order valence-electron chi connectivity index (χ1n) is 11.9. The van der Waals surface area contributed by atoms with E-state index < -0.39 is 5.91 Å². The van der Waals surface area contributed by atoms with Crippen molar-refractivity contribution in [3.8, 4) is 22.8 Å². The molecule has 2 aromatic heterocycles. The second-order valence-electron chi connectivity index (χ2n) is 9.02. The topological polar surface area (TPSA) is 80.3 Å². The van der Waals surface area contributed by atoms with Crippen molar-refractivity contribution in [3.05, 3.63) is 100 Å². The minimum Gasteiger partial charge on any atom is -0.457 e. The molecular weight excluding hydrogens is 518 g/mol. The van der Waals surface area contributed by atoms with Crippen molar-refractivity contribution < 1.29 is 13.6 Å². The van der Waals surface area contributed by atoms with Gasteiger partial charge in [0.2, 0.25) is 11.8 Å². The lowest BCUT2D eigenvalue weighted by Crippen LogP contribution is -2.32. The molecule has 0 radical (unpaired) electrons. The Morgan fingerprint density at radius 2 is 1.71 bits per heavy atom. The fourth-order valence-electron chi connectivity index (χ4n) is 4.04. The maximum atomic E-state index is 12.4. The van der Waals surface area contributed by atoms with Crippen molar-refractivity contribution in [1.82, 2.24) is 10.3 Å². The van der Waals surface area contributed by atoms with Crippen LogP contribution in [0.3, 0.4) is 0 Å². The molecule has 0 saturated carbocycles. The lowest BCUT2D eigenvalue weighted by molar-refractivity contribution is -0.115. The summed E-state index contributed by atoms with van der Waals surface area (Å²) in [5.74, 6) is 1.35. The summed E-state index contributed by atoms with van der Waals surface area (Å²) in [6.45, 7) is 6.02. The number of nitrogens with one attached hydrogen (secondary N) is 2. The van der Waals surface area contributed by atoms with Gasteiger partial charge in [-0.25, -0.2) is 4.98 Å². The summed E-state index contributed by atoms with van der Waals surface area (Å²) in [6, 6.07) is 21.0. The third kappa shape index (κ3) is 5.85. The molecule has 0 aliphatic rings. The van der Waals surface area contributed by atoms with Crippen LogP contribution in [0.15, 0.2) is 81.6 Å². The fourth-order valence-corrected chi connectivity index (χ4v) is 4.44. The average molecular weight is 542 g/mol. The number of amides is 1. The van der Waals surface area contributed by atoms with Crippen LogP contribution >= 0.6 is 23.8 Å². The number of hydrogen-bond donors (Lipinski definition) is 2. The molecule has 0 fully saturated rings. The number of anilines is 1. The highest BCUT2D eigenvalue weighted by atomic mass is 35.5. The van der Waals surface area contributed by atoms with Crippen LogP contribution in [0.2, 0.25) is 5.02 Å². The zero-order valence-corrected chi connectivity index (χ0v) is 22.5. The molecule has 0 atom stereocenters. The zero-order valence-electron chi connectivity index (χ0n) is 21.0. The van der Waals surface area contributed by atoms with E-state index >= 15 is 0 Å². The van der Waals surface area contributed by atoms with E-state index in [9.17, 15) is 4.79 Å². The number of aryl methyl sites for hydroxylation is 3. The van der Waals surface area contributed by atoms with Gasteiger partial charge in [0, 0.05) is 27.9 Å². The number of hydrogen-bond acceptors (Lipinski definition) is 5. The van der Waals surface area contributed by atoms with Crippen molar-refractivity contribution in [2.45, 2.75) is 20.8 Å². The number of carbonyl (C=O) groups excluding carboxylic acids is 1. The third-order valence-corrected chi connectivity index (χ3v) is 6.44. The monoisotopic (exact) mass is 541 g/mol. The van der Waals surface area contributed by atoms with E-state index in [-0.39, 0.29) is 5.11 Å². The Bertz CT molecular complexity index is 1700. The molecule has 6 nitrogen and oxygen atoms in total. The molecule has 2 heterocycles. The van der Waals surface area contributed by atoms with E-state index in [0.29, 0.717) is 39.2 Å². The van der Waals surface area contributed by atoms with Gasteiger partial charge in [0.1, 0.15) is 17.0 Å². The van der Waals surface area contributed by atoms with E-state index in [1.807, 2.05) is 75.4 Å². The maximum absolute atomic E-state index is 12.4. The van der Waals surface area contributed by atoms with Gasteiger partial charge in [0.15, 0.2) is 10.7 Å². The van der Waals surface area contributed by atoms with Crippen LogP contribution in [0.4, 0.5) is 5.69 Å². The molecular formula is C30H24ClN3O3S. The third-order valence-electron chi connectivity index (χ3n) is 5.83. The van der Waals surface area contributed by atoms with E-state index in [1.54, 1.807) is 12.1 Å². The summed E-state index contributed by atoms with van der Waals surface area (Å²) in [6.07, 6.45) is 2.93. The first-order chi connectivity index (χ1) is 18.2. The molecule has 0 bridgehead atoms. The Morgan fingerprint density at radius 3 is 2.47 bits per heavy atom. The van der Waals surface area contributed by atoms with Gasteiger partial charge in [-0.05, 0) is 93.2 Å². The predicted molar refractivity (Wildman–Crippen MR) is 156 cm³/mol. The molecule has 3 aromatic carbocycles. The Morgan fingerprint density at radius 1 is 0.921 bits per heavy atom. The van der Waals surface area contributed by atoms with Crippen LogP contribution < -0.4 is 10.6 Å². The van der Waals surface area contributed by atoms with Gasteiger partial charge < -0.3 is 14.2 Å². The summed E-state index contributed by atoms with van der Waals surface area (Å²) >= 11 is 11.5. The number of aromatic nitrogens is 1. The van der Waals surface area contributed by atoms with Crippen LogP contribution in [-0.4, -0.2) is 16.0 Å². The Hall–Kier alpha value is -4.20. The highest BCUT2D eigenvalue weighted by Gasteiger charge is 2.11. The number of rotatable bonds is 5. The van der Waals surface area contributed by atoms with E-state index in [2.05, 4.69) is 21.7 Å². The minimum absolute atomic E-state index is 0.159. The van der Waals surface area contributed by atoms with Gasteiger partial charge >= 0.3 is 0 Å². The van der Waals surface area contributed by atoms with Gasteiger partial charge in [-0.15, -0.1) is 0 Å². The lowest BCUT2D eigenvalue weighted by Gasteiger charge is -2.07. The standard InChI is InChI=1S/C30H24ClN3O3S/c1-17-12-18(2)14-21(13-17)29-33-25-16-22(6-9-27(25)37-29)32-30(38)34-28(35)11-8-23-7-10-26(36-23)20-5-4-19(3)24(31)15-20/h4-16H,1-3H3,(H2,32,34,35,38)/b11-8+. The average Bonchev–Trinajstić information content (AvgIpc) is 3.51. The molecule has 0 spiro atoms. The summed E-state index contributed by atoms with van der Waals surface area (Å²) in [7, 11) is 0. The van der Waals surface area contributed by atoms with E-state index in [4.69, 9.17) is 32.7 Å².